The third-order valence-corrected chi connectivity index (χ3v) is 3.75. The van der Waals surface area contributed by atoms with Gasteiger partial charge in [0, 0.05) is 13.3 Å². The van der Waals surface area contributed by atoms with Gasteiger partial charge in [0.05, 0.1) is 31.1 Å². The van der Waals surface area contributed by atoms with Gasteiger partial charge in [-0.3, -0.25) is 15.0 Å². The molecule has 0 aliphatic carbocycles. The Labute approximate surface area is 136 Å². The quantitative estimate of drug-likeness (QED) is 0.869. The number of halogens is 1. The van der Waals surface area contributed by atoms with Crippen LogP contribution >= 0.6 is 0 Å². The number of rotatable bonds is 3. The monoisotopic (exact) mass is 337 g/mol. The van der Waals surface area contributed by atoms with E-state index in [4.69, 9.17) is 9.47 Å². The third kappa shape index (κ3) is 3.24. The van der Waals surface area contributed by atoms with Crippen molar-refractivity contribution >= 4 is 29.5 Å². The number of ether oxygens (including phenoxy) is 2. The summed E-state index contributed by atoms with van der Waals surface area (Å²) in [5.41, 5.74) is 0.926. The lowest BCUT2D eigenvalue weighted by Crippen LogP contribution is -2.33. The van der Waals surface area contributed by atoms with E-state index in [9.17, 15) is 18.8 Å². The molecule has 9 heteroatoms. The number of carbonyl (C=O) groups excluding carboxylic acids is 3. The van der Waals surface area contributed by atoms with E-state index >= 15 is 0 Å². The number of fused-ring (bicyclic) bond motifs is 1. The van der Waals surface area contributed by atoms with Gasteiger partial charge < -0.3 is 14.8 Å². The molecule has 128 valence electrons. The van der Waals surface area contributed by atoms with E-state index in [-0.39, 0.29) is 31.3 Å². The molecule has 0 unspecified atom stereocenters. The second-order valence-electron chi connectivity index (χ2n) is 5.53. The fourth-order valence-corrected chi connectivity index (χ4v) is 2.63. The zero-order valence-corrected chi connectivity index (χ0v) is 12.9. The lowest BCUT2D eigenvalue weighted by atomic mass is 10.1. The predicted molar refractivity (Wildman–Crippen MR) is 81.4 cm³/mol. The van der Waals surface area contributed by atoms with Crippen molar-refractivity contribution in [3.8, 4) is 0 Å². The van der Waals surface area contributed by atoms with Crippen LogP contribution in [0.4, 0.5) is 25.4 Å². The molecule has 0 saturated carbocycles. The summed E-state index contributed by atoms with van der Waals surface area (Å²) in [6, 6.07) is 2.78. The number of nitrogens with zero attached hydrogens (tertiary/aromatic N) is 1. The largest absolute Gasteiger partial charge is 0.449 e. The van der Waals surface area contributed by atoms with Gasteiger partial charge in [0.15, 0.2) is 0 Å². The molecule has 2 aliphatic rings. The summed E-state index contributed by atoms with van der Waals surface area (Å²) in [5, 5.41) is 4.92. The minimum atomic E-state index is -0.712. The van der Waals surface area contributed by atoms with Crippen LogP contribution in [0.15, 0.2) is 12.1 Å². The number of nitrogens with one attached hydrogen (secondary N) is 2. The minimum Gasteiger partial charge on any atom is -0.449 e. The van der Waals surface area contributed by atoms with Gasteiger partial charge in [-0.1, -0.05) is 0 Å². The highest BCUT2D eigenvalue weighted by atomic mass is 19.1. The predicted octanol–water partition coefficient (Wildman–Crippen LogP) is 1.39. The van der Waals surface area contributed by atoms with Gasteiger partial charge in [-0.25, -0.2) is 14.0 Å². The van der Waals surface area contributed by atoms with Crippen molar-refractivity contribution in [3.63, 3.8) is 0 Å². The lowest BCUT2D eigenvalue weighted by Gasteiger charge is -2.16. The second-order valence-corrected chi connectivity index (χ2v) is 5.53. The lowest BCUT2D eigenvalue weighted by molar-refractivity contribution is -0.119. The van der Waals surface area contributed by atoms with E-state index in [0.29, 0.717) is 17.7 Å². The van der Waals surface area contributed by atoms with E-state index in [1.807, 2.05) is 0 Å². The minimum absolute atomic E-state index is 0.0589. The van der Waals surface area contributed by atoms with Gasteiger partial charge in [-0.2, -0.15) is 0 Å². The maximum atomic E-state index is 14.3. The highest BCUT2D eigenvalue weighted by molar-refractivity contribution is 5.92. The number of hydrogen-bond donors (Lipinski definition) is 2. The Hall–Kier alpha value is -2.84. The van der Waals surface area contributed by atoms with Crippen molar-refractivity contribution in [3.05, 3.63) is 23.5 Å². The zero-order valence-electron chi connectivity index (χ0n) is 12.9. The molecule has 0 bridgehead atoms. The van der Waals surface area contributed by atoms with Crippen LogP contribution < -0.4 is 15.5 Å². The topological polar surface area (TPSA) is 97.0 Å². The molecule has 24 heavy (non-hydrogen) atoms. The molecule has 2 heterocycles. The molecule has 8 nitrogen and oxygen atoms in total. The average Bonchev–Trinajstić information content (AvgIpc) is 2.77. The summed E-state index contributed by atoms with van der Waals surface area (Å²) < 4.78 is 24.3. The van der Waals surface area contributed by atoms with Gasteiger partial charge in [-0.05, 0) is 17.7 Å². The Bertz CT molecular complexity index is 709. The summed E-state index contributed by atoms with van der Waals surface area (Å²) in [5.74, 6) is -0.879. The highest BCUT2D eigenvalue weighted by Crippen LogP contribution is 2.31. The molecule has 1 atom stereocenters. The van der Waals surface area contributed by atoms with E-state index in [1.54, 1.807) is 6.07 Å². The SMILES string of the molecule is CC(=O)NC[C@H]1CN(c2cc(F)c3c(c2)CCOC(=O)N3)C(=O)O1. The Morgan fingerprint density at radius 3 is 3.00 bits per heavy atom. The molecule has 2 aliphatic heterocycles. The fraction of sp³-hybridized carbons (Fsp3) is 0.400. The normalized spacial score (nSPS) is 19.8. The molecular weight excluding hydrogens is 321 g/mol. The van der Waals surface area contributed by atoms with Crippen LogP contribution in [0.3, 0.4) is 0 Å². The van der Waals surface area contributed by atoms with Crippen LogP contribution in [0.1, 0.15) is 12.5 Å². The first-order chi connectivity index (χ1) is 11.4. The van der Waals surface area contributed by atoms with Crippen LogP contribution in [0, 0.1) is 5.82 Å². The Kier molecular flexibility index (Phi) is 4.24. The average molecular weight is 337 g/mol. The van der Waals surface area contributed by atoms with Crippen LogP contribution in [0.25, 0.3) is 0 Å². The number of hydrogen-bond acceptors (Lipinski definition) is 5. The standard InChI is InChI=1S/C15H16FN3O5/c1-8(20)17-6-11-7-19(15(22)24-11)10-4-9-2-3-23-14(21)18-13(9)12(16)5-10/h4-5,11H,2-3,6-7H2,1H3,(H,17,20)(H,18,21)/t11-/m0/s1. The summed E-state index contributed by atoms with van der Waals surface area (Å²) in [4.78, 5) is 35.6. The molecule has 1 aromatic rings. The number of cyclic esters (lactones) is 2. The van der Waals surface area contributed by atoms with E-state index < -0.39 is 24.1 Å². The molecule has 1 saturated heterocycles. The van der Waals surface area contributed by atoms with Crippen molar-refractivity contribution in [2.75, 3.05) is 29.9 Å². The first kappa shape index (κ1) is 16.0. The van der Waals surface area contributed by atoms with Crippen molar-refractivity contribution < 1.29 is 28.2 Å². The van der Waals surface area contributed by atoms with Gasteiger partial charge in [0.1, 0.15) is 11.9 Å². The Balaban J connectivity index is 1.81. The van der Waals surface area contributed by atoms with E-state index in [0.717, 1.165) is 6.07 Å². The van der Waals surface area contributed by atoms with Crippen LogP contribution in [-0.2, 0) is 20.7 Å². The molecule has 1 aromatic carbocycles. The van der Waals surface area contributed by atoms with Gasteiger partial charge >= 0.3 is 12.2 Å². The van der Waals surface area contributed by atoms with Crippen LogP contribution in [0.5, 0.6) is 0 Å². The smallest absolute Gasteiger partial charge is 0.414 e. The van der Waals surface area contributed by atoms with E-state index in [2.05, 4.69) is 10.6 Å². The molecule has 3 amide bonds. The highest BCUT2D eigenvalue weighted by Gasteiger charge is 2.33. The molecule has 0 aromatic heterocycles. The number of amides is 3. The Morgan fingerprint density at radius 1 is 1.46 bits per heavy atom. The first-order valence-electron chi connectivity index (χ1n) is 7.43. The molecule has 0 radical (unpaired) electrons. The summed E-state index contributed by atoms with van der Waals surface area (Å²) >= 11 is 0. The number of carbonyl (C=O) groups is 3. The van der Waals surface area contributed by atoms with Gasteiger partial charge in [0.2, 0.25) is 5.91 Å². The molecule has 0 spiro atoms. The van der Waals surface area contributed by atoms with Crippen molar-refractivity contribution in [1.29, 1.82) is 0 Å². The number of benzene rings is 1. The maximum absolute atomic E-state index is 14.3. The molecule has 3 rings (SSSR count). The van der Waals surface area contributed by atoms with Crippen molar-refractivity contribution in [2.24, 2.45) is 0 Å². The maximum Gasteiger partial charge on any atom is 0.414 e. The molecule has 2 N–H and O–H groups in total. The van der Waals surface area contributed by atoms with Crippen molar-refractivity contribution in [2.45, 2.75) is 19.4 Å². The summed E-state index contributed by atoms with van der Waals surface area (Å²) in [7, 11) is 0. The van der Waals surface area contributed by atoms with E-state index in [1.165, 1.54) is 11.8 Å². The molecule has 1 fully saturated rings. The number of anilines is 2. The fourth-order valence-electron chi connectivity index (χ4n) is 2.63. The Morgan fingerprint density at radius 2 is 2.25 bits per heavy atom. The molecular formula is C15H16FN3O5. The van der Waals surface area contributed by atoms with Crippen LogP contribution in [-0.4, -0.2) is 43.9 Å². The summed E-state index contributed by atoms with van der Waals surface area (Å²) in [6.07, 6.45) is -1.50. The zero-order chi connectivity index (χ0) is 17.3. The summed E-state index contributed by atoms with van der Waals surface area (Å²) in [6.45, 7) is 1.87. The van der Waals surface area contributed by atoms with Crippen LogP contribution in [0.2, 0.25) is 0 Å². The third-order valence-electron chi connectivity index (χ3n) is 3.75. The first-order valence-corrected chi connectivity index (χ1v) is 7.43. The van der Waals surface area contributed by atoms with Gasteiger partial charge in [-0.15, -0.1) is 0 Å². The van der Waals surface area contributed by atoms with Crippen molar-refractivity contribution in [1.82, 2.24) is 5.32 Å². The van der Waals surface area contributed by atoms with Gasteiger partial charge in [0.25, 0.3) is 0 Å². The second kappa shape index (κ2) is 6.34.